The number of fused-ring (bicyclic) bond motifs is 3. The smallest absolute Gasteiger partial charge is 0.350 e. The summed E-state index contributed by atoms with van der Waals surface area (Å²) in [7, 11) is 1.61. The van der Waals surface area contributed by atoms with E-state index in [9.17, 15) is 9.59 Å². The second kappa shape index (κ2) is 5.61. The second-order valence-electron chi connectivity index (χ2n) is 5.33. The summed E-state index contributed by atoms with van der Waals surface area (Å²) >= 11 is 1.31. The maximum Gasteiger partial charge on any atom is 0.350 e. The van der Waals surface area contributed by atoms with Gasteiger partial charge in [0.15, 0.2) is 6.29 Å². The summed E-state index contributed by atoms with van der Waals surface area (Å²) in [6.07, 6.45) is 2.39. The van der Waals surface area contributed by atoms with Gasteiger partial charge in [0, 0.05) is 5.39 Å². The van der Waals surface area contributed by atoms with Crippen LogP contribution < -0.4 is 10.4 Å². The molecular formula is C17H13N3O3S. The molecule has 0 radical (unpaired) electrons. The minimum absolute atomic E-state index is 0.224. The molecule has 4 aromatic rings. The van der Waals surface area contributed by atoms with Crippen LogP contribution >= 0.6 is 11.3 Å². The van der Waals surface area contributed by atoms with Crippen LogP contribution in [0.15, 0.2) is 47.4 Å². The van der Waals surface area contributed by atoms with Crippen molar-refractivity contribution in [2.24, 2.45) is 0 Å². The molecule has 0 bridgehead atoms. The largest absolute Gasteiger partial charge is 0.497 e. The van der Waals surface area contributed by atoms with Crippen LogP contribution in [-0.4, -0.2) is 27.6 Å². The Morgan fingerprint density at radius 3 is 2.75 bits per heavy atom. The molecule has 3 aromatic heterocycles. The minimum atomic E-state index is -0.224. The quantitative estimate of drug-likeness (QED) is 0.536. The Kier molecular flexibility index (Phi) is 3.42. The normalized spacial score (nSPS) is 11.2. The number of methoxy groups -OCH3 is 1. The predicted molar refractivity (Wildman–Crippen MR) is 92.3 cm³/mol. The van der Waals surface area contributed by atoms with Crippen molar-refractivity contribution < 1.29 is 9.53 Å². The molecule has 0 unspecified atom stereocenters. The third-order valence-corrected chi connectivity index (χ3v) is 5.01. The van der Waals surface area contributed by atoms with Crippen molar-refractivity contribution in [1.82, 2.24) is 14.2 Å². The first-order valence-electron chi connectivity index (χ1n) is 7.29. The van der Waals surface area contributed by atoms with E-state index in [2.05, 4.69) is 5.10 Å². The molecule has 1 aromatic carbocycles. The van der Waals surface area contributed by atoms with Gasteiger partial charge < -0.3 is 4.74 Å². The third kappa shape index (κ3) is 2.21. The maximum atomic E-state index is 12.8. The van der Waals surface area contributed by atoms with Gasteiger partial charge in [0.1, 0.15) is 10.6 Å². The average molecular weight is 339 g/mol. The molecule has 120 valence electrons. The van der Waals surface area contributed by atoms with E-state index in [1.807, 2.05) is 24.3 Å². The lowest BCUT2D eigenvalue weighted by Gasteiger charge is -2.09. The number of thiophene rings is 1. The van der Waals surface area contributed by atoms with Gasteiger partial charge in [-0.25, -0.2) is 4.79 Å². The van der Waals surface area contributed by atoms with Gasteiger partial charge in [-0.05, 0) is 29.8 Å². The molecule has 24 heavy (non-hydrogen) atoms. The fraction of sp³-hybridized carbons (Fsp3) is 0.118. The molecule has 0 aliphatic carbocycles. The molecule has 6 nitrogen and oxygen atoms in total. The highest BCUT2D eigenvalue weighted by Gasteiger charge is 2.15. The Morgan fingerprint density at radius 1 is 1.25 bits per heavy atom. The Bertz CT molecular complexity index is 1110. The van der Waals surface area contributed by atoms with Crippen LogP contribution in [0.1, 0.15) is 15.2 Å². The summed E-state index contributed by atoms with van der Waals surface area (Å²) in [5, 5.41) is 4.97. The number of carbonyl (C=O) groups is 1. The highest BCUT2D eigenvalue weighted by molar-refractivity contribution is 7.20. The number of carbonyl (C=O) groups excluding carboxylic acids is 1. The Balaban J connectivity index is 1.94. The van der Waals surface area contributed by atoms with Gasteiger partial charge in [0.2, 0.25) is 0 Å². The molecule has 0 N–H and O–H groups in total. The molecule has 0 aliphatic rings. The number of aldehydes is 1. The van der Waals surface area contributed by atoms with Gasteiger partial charge in [0.05, 0.1) is 30.2 Å². The van der Waals surface area contributed by atoms with Gasteiger partial charge in [-0.1, -0.05) is 12.1 Å². The molecule has 0 fully saturated rings. The van der Waals surface area contributed by atoms with Gasteiger partial charge in [-0.2, -0.15) is 9.61 Å². The molecular weight excluding hydrogens is 326 g/mol. The first-order chi connectivity index (χ1) is 11.7. The number of hydrogen-bond acceptors (Lipinski definition) is 5. The summed E-state index contributed by atoms with van der Waals surface area (Å²) < 4.78 is 8.17. The molecule has 0 aliphatic heterocycles. The molecule has 0 saturated carbocycles. The van der Waals surface area contributed by atoms with Crippen molar-refractivity contribution in [1.29, 1.82) is 0 Å². The van der Waals surface area contributed by atoms with Crippen molar-refractivity contribution >= 4 is 33.4 Å². The van der Waals surface area contributed by atoms with Crippen LogP contribution in [0.25, 0.3) is 15.7 Å². The van der Waals surface area contributed by atoms with Crippen LogP contribution in [0.5, 0.6) is 5.75 Å². The van der Waals surface area contributed by atoms with E-state index in [1.165, 1.54) is 15.9 Å². The van der Waals surface area contributed by atoms with E-state index in [1.54, 1.807) is 30.0 Å². The minimum Gasteiger partial charge on any atom is -0.497 e. The van der Waals surface area contributed by atoms with Gasteiger partial charge >= 0.3 is 5.69 Å². The van der Waals surface area contributed by atoms with E-state index >= 15 is 0 Å². The maximum absolute atomic E-state index is 12.8. The van der Waals surface area contributed by atoms with Crippen LogP contribution in [0.3, 0.4) is 0 Å². The van der Waals surface area contributed by atoms with Crippen molar-refractivity contribution in [3.63, 3.8) is 0 Å². The second-order valence-corrected chi connectivity index (χ2v) is 6.39. The number of hydrogen-bond donors (Lipinski definition) is 0. The predicted octanol–water partition coefficient (Wildman–Crippen LogP) is 2.58. The highest BCUT2D eigenvalue weighted by atomic mass is 32.1. The molecule has 0 spiro atoms. The van der Waals surface area contributed by atoms with E-state index in [0.717, 1.165) is 27.8 Å². The van der Waals surface area contributed by atoms with Crippen LogP contribution in [0.4, 0.5) is 0 Å². The summed E-state index contributed by atoms with van der Waals surface area (Å²) in [4.78, 5) is 25.3. The number of benzene rings is 1. The fourth-order valence-electron chi connectivity index (χ4n) is 2.76. The van der Waals surface area contributed by atoms with Crippen molar-refractivity contribution in [3.8, 4) is 5.75 Å². The lowest BCUT2D eigenvalue weighted by atomic mass is 10.2. The molecule has 0 saturated heterocycles. The van der Waals surface area contributed by atoms with Gasteiger partial charge in [0.25, 0.3) is 0 Å². The van der Waals surface area contributed by atoms with Crippen LogP contribution in [0.2, 0.25) is 0 Å². The van der Waals surface area contributed by atoms with Crippen LogP contribution in [-0.2, 0) is 6.54 Å². The Labute approximate surface area is 140 Å². The molecule has 7 heteroatoms. The number of ether oxygens (including phenoxy) is 1. The van der Waals surface area contributed by atoms with Crippen molar-refractivity contribution in [2.75, 3.05) is 7.11 Å². The van der Waals surface area contributed by atoms with E-state index < -0.39 is 0 Å². The Morgan fingerprint density at radius 2 is 2.04 bits per heavy atom. The topological polar surface area (TPSA) is 65.6 Å². The number of aromatic nitrogens is 3. The third-order valence-electron chi connectivity index (χ3n) is 3.92. The average Bonchev–Trinajstić information content (AvgIpc) is 3.25. The summed E-state index contributed by atoms with van der Waals surface area (Å²) in [6.45, 7) is 0.397. The molecule has 0 amide bonds. The summed E-state index contributed by atoms with van der Waals surface area (Å²) in [6, 6.07) is 11.1. The zero-order chi connectivity index (χ0) is 16.7. The molecule has 4 rings (SSSR count). The van der Waals surface area contributed by atoms with Gasteiger partial charge in [-0.3, -0.25) is 9.36 Å². The lowest BCUT2D eigenvalue weighted by molar-refractivity contribution is 0.112. The van der Waals surface area contributed by atoms with Gasteiger partial charge in [-0.15, -0.1) is 11.3 Å². The monoisotopic (exact) mass is 339 g/mol. The standard InChI is InChI=1S/C17H13N3O3S/c1-23-12-4-2-11(3-5-12)9-19-16-14(8-13(10-21)24-16)15-6-7-18-20(15)17(19)22/h2-8,10H,9H2,1H3. The van der Waals surface area contributed by atoms with E-state index in [4.69, 9.17) is 4.74 Å². The zero-order valence-electron chi connectivity index (χ0n) is 12.8. The Hall–Kier alpha value is -2.93. The fourth-order valence-corrected chi connectivity index (χ4v) is 3.73. The zero-order valence-corrected chi connectivity index (χ0v) is 13.6. The molecule has 0 atom stereocenters. The summed E-state index contributed by atoms with van der Waals surface area (Å²) in [5.74, 6) is 0.762. The number of nitrogens with zero attached hydrogens (tertiary/aromatic N) is 3. The SMILES string of the molecule is COc1ccc(Cn2c(=O)n3nccc3c3cc(C=O)sc32)cc1. The van der Waals surface area contributed by atoms with Crippen LogP contribution in [0, 0.1) is 0 Å². The number of rotatable bonds is 4. The van der Waals surface area contributed by atoms with E-state index in [-0.39, 0.29) is 5.69 Å². The van der Waals surface area contributed by atoms with Crippen molar-refractivity contribution in [3.05, 3.63) is 63.5 Å². The lowest BCUT2D eigenvalue weighted by Crippen LogP contribution is -2.27. The van der Waals surface area contributed by atoms with Crippen molar-refractivity contribution in [2.45, 2.75) is 6.54 Å². The molecule has 3 heterocycles. The first-order valence-corrected chi connectivity index (χ1v) is 8.11. The first kappa shape index (κ1) is 14.6. The summed E-state index contributed by atoms with van der Waals surface area (Å²) in [5.41, 5.74) is 1.45. The van der Waals surface area contributed by atoms with E-state index in [0.29, 0.717) is 16.9 Å². The highest BCUT2D eigenvalue weighted by Crippen LogP contribution is 2.27.